The minimum atomic E-state index is -4.57. The average molecular weight is 649 g/mol. The zero-order valence-corrected chi connectivity index (χ0v) is 25.4. The van der Waals surface area contributed by atoms with Gasteiger partial charge < -0.3 is 14.8 Å². The number of nitrogens with one attached hydrogen (secondary N) is 1. The summed E-state index contributed by atoms with van der Waals surface area (Å²) in [6.07, 6.45) is -2.67. The topological polar surface area (TPSA) is 128 Å². The highest BCUT2D eigenvalue weighted by Gasteiger charge is 2.31. The Kier molecular flexibility index (Phi) is 12.8. The summed E-state index contributed by atoms with van der Waals surface area (Å²) in [5.74, 6) is -2.03. The first kappa shape index (κ1) is 35.0. The molecule has 0 bridgehead atoms. The maximum absolute atomic E-state index is 13.5. The smallest absolute Gasteiger partial charge is 0.416 e. The SMILES string of the molecule is COC(=O)CCCC(CC(=O)OC)NC(=O)CCCC(=O)N(c1ccc(C(F)(F)F)cc1)c1nccc(-c2cccc(Cl)c2)n1. The first-order chi connectivity index (χ1) is 21.4. The molecule has 1 N–H and O–H groups in total. The lowest BCUT2D eigenvalue weighted by Gasteiger charge is -2.22. The van der Waals surface area contributed by atoms with Crippen LogP contribution in [-0.2, 0) is 34.8 Å². The number of benzene rings is 2. The Morgan fingerprint density at radius 2 is 1.64 bits per heavy atom. The predicted octanol–water partition coefficient (Wildman–Crippen LogP) is 6.04. The molecule has 0 spiro atoms. The standard InChI is InChI=1S/C31H32ClF3N4O6/c1-44-28(42)11-4-8-23(19-29(43)45-2)37-26(40)9-5-10-27(41)39(24-14-12-21(13-15-24)31(33,34)35)30-36-17-16-25(38-30)20-6-3-7-22(32)18-20/h3,6-7,12-18,23H,4-5,8-11,19H2,1-2H3,(H,37,40). The van der Waals surface area contributed by atoms with Gasteiger partial charge in [-0.05, 0) is 61.7 Å². The number of anilines is 2. The summed E-state index contributed by atoms with van der Waals surface area (Å²) < 4.78 is 49.0. The van der Waals surface area contributed by atoms with Crippen molar-refractivity contribution >= 4 is 47.0 Å². The normalized spacial score (nSPS) is 11.8. The third-order valence-electron chi connectivity index (χ3n) is 6.63. The van der Waals surface area contributed by atoms with Crippen LogP contribution in [0.5, 0.6) is 0 Å². The fourth-order valence-electron chi connectivity index (χ4n) is 4.35. The van der Waals surface area contributed by atoms with Gasteiger partial charge in [-0.3, -0.25) is 19.2 Å². The van der Waals surface area contributed by atoms with Crippen LogP contribution in [0.4, 0.5) is 24.8 Å². The van der Waals surface area contributed by atoms with E-state index in [4.69, 9.17) is 11.6 Å². The van der Waals surface area contributed by atoms with Crippen LogP contribution in [-0.4, -0.2) is 54.0 Å². The molecule has 3 aromatic rings. The zero-order valence-electron chi connectivity index (χ0n) is 24.6. The second-order valence-corrected chi connectivity index (χ2v) is 10.3. The van der Waals surface area contributed by atoms with Gasteiger partial charge in [-0.25, -0.2) is 14.9 Å². The van der Waals surface area contributed by atoms with Gasteiger partial charge in [0.25, 0.3) is 0 Å². The molecule has 0 fully saturated rings. The van der Waals surface area contributed by atoms with Crippen molar-refractivity contribution in [1.82, 2.24) is 15.3 Å². The van der Waals surface area contributed by atoms with Gasteiger partial charge >= 0.3 is 18.1 Å². The van der Waals surface area contributed by atoms with Gasteiger partial charge in [0.2, 0.25) is 17.8 Å². The number of nitrogens with zero attached hydrogens (tertiary/aromatic N) is 3. The molecule has 45 heavy (non-hydrogen) atoms. The molecule has 1 unspecified atom stereocenters. The highest BCUT2D eigenvalue weighted by atomic mass is 35.5. The van der Waals surface area contributed by atoms with Crippen LogP contribution in [0.25, 0.3) is 11.3 Å². The maximum atomic E-state index is 13.5. The lowest BCUT2D eigenvalue weighted by Crippen LogP contribution is -2.37. The molecule has 0 aliphatic carbocycles. The summed E-state index contributed by atoms with van der Waals surface area (Å²) in [5, 5.41) is 3.19. The van der Waals surface area contributed by atoms with E-state index in [1.165, 1.54) is 20.4 Å². The number of amides is 2. The first-order valence-corrected chi connectivity index (χ1v) is 14.3. The zero-order chi connectivity index (χ0) is 33.0. The Labute approximate surface area is 262 Å². The first-order valence-electron chi connectivity index (χ1n) is 13.9. The van der Waals surface area contributed by atoms with Gasteiger partial charge in [0.1, 0.15) is 0 Å². The summed E-state index contributed by atoms with van der Waals surface area (Å²) >= 11 is 6.11. The van der Waals surface area contributed by atoms with Crippen molar-refractivity contribution in [2.45, 2.75) is 57.2 Å². The van der Waals surface area contributed by atoms with Crippen molar-refractivity contribution in [2.24, 2.45) is 0 Å². The largest absolute Gasteiger partial charge is 0.469 e. The number of rotatable bonds is 14. The molecule has 0 radical (unpaired) electrons. The van der Waals surface area contributed by atoms with E-state index in [1.54, 1.807) is 30.3 Å². The summed E-state index contributed by atoms with van der Waals surface area (Å²) in [4.78, 5) is 59.2. The second kappa shape index (κ2) is 16.5. The molecule has 14 heteroatoms. The van der Waals surface area contributed by atoms with Crippen LogP contribution in [0, 0.1) is 0 Å². The van der Waals surface area contributed by atoms with Crippen molar-refractivity contribution in [3.05, 3.63) is 71.4 Å². The fraction of sp³-hybridized carbons (Fsp3) is 0.355. The van der Waals surface area contributed by atoms with E-state index >= 15 is 0 Å². The minimum Gasteiger partial charge on any atom is -0.469 e. The Morgan fingerprint density at radius 1 is 0.933 bits per heavy atom. The number of hydrogen-bond acceptors (Lipinski definition) is 8. The highest BCUT2D eigenvalue weighted by Crippen LogP contribution is 2.33. The van der Waals surface area contributed by atoms with Gasteiger partial charge in [-0.2, -0.15) is 13.2 Å². The number of ether oxygens (including phenoxy) is 2. The third kappa shape index (κ3) is 10.9. The molecule has 240 valence electrons. The number of alkyl halides is 3. The van der Waals surface area contributed by atoms with Gasteiger partial charge in [0, 0.05) is 42.1 Å². The molecule has 2 aromatic carbocycles. The van der Waals surface area contributed by atoms with Gasteiger partial charge in [-0.1, -0.05) is 23.7 Å². The summed E-state index contributed by atoms with van der Waals surface area (Å²) in [7, 11) is 2.48. The number of esters is 2. The molecule has 3 rings (SSSR count). The molecular formula is C31H32ClF3N4O6. The van der Waals surface area contributed by atoms with E-state index in [-0.39, 0.29) is 43.7 Å². The second-order valence-electron chi connectivity index (χ2n) is 9.89. The summed E-state index contributed by atoms with van der Waals surface area (Å²) in [6, 6.07) is 11.8. The number of methoxy groups -OCH3 is 2. The molecule has 2 amide bonds. The van der Waals surface area contributed by atoms with Crippen molar-refractivity contribution in [3.8, 4) is 11.3 Å². The van der Waals surface area contributed by atoms with E-state index < -0.39 is 41.5 Å². The number of aromatic nitrogens is 2. The predicted molar refractivity (Wildman–Crippen MR) is 159 cm³/mol. The lowest BCUT2D eigenvalue weighted by atomic mass is 10.1. The highest BCUT2D eigenvalue weighted by molar-refractivity contribution is 6.30. The monoisotopic (exact) mass is 648 g/mol. The Hall–Kier alpha value is -4.52. The molecule has 0 saturated carbocycles. The van der Waals surface area contributed by atoms with E-state index in [9.17, 15) is 32.3 Å². The van der Waals surface area contributed by atoms with E-state index in [0.29, 0.717) is 29.1 Å². The fourth-order valence-corrected chi connectivity index (χ4v) is 4.54. The minimum absolute atomic E-state index is 0.0723. The van der Waals surface area contributed by atoms with Crippen LogP contribution >= 0.6 is 11.6 Å². The molecular weight excluding hydrogens is 617 g/mol. The van der Waals surface area contributed by atoms with Crippen molar-refractivity contribution < 1.29 is 41.8 Å². The van der Waals surface area contributed by atoms with Gasteiger partial charge in [-0.15, -0.1) is 0 Å². The van der Waals surface area contributed by atoms with Crippen LogP contribution in [0.2, 0.25) is 5.02 Å². The maximum Gasteiger partial charge on any atom is 0.416 e. The summed E-state index contributed by atoms with van der Waals surface area (Å²) in [5.41, 5.74) is 0.271. The van der Waals surface area contributed by atoms with Crippen molar-refractivity contribution in [2.75, 3.05) is 19.1 Å². The molecule has 1 aromatic heterocycles. The molecule has 1 atom stereocenters. The van der Waals surface area contributed by atoms with Crippen LogP contribution < -0.4 is 10.2 Å². The number of carbonyl (C=O) groups excluding carboxylic acids is 4. The van der Waals surface area contributed by atoms with E-state index in [0.717, 1.165) is 29.2 Å². The Balaban J connectivity index is 1.76. The lowest BCUT2D eigenvalue weighted by molar-refractivity contribution is -0.141. The van der Waals surface area contributed by atoms with Crippen LogP contribution in [0.3, 0.4) is 0 Å². The van der Waals surface area contributed by atoms with Gasteiger partial charge in [0.15, 0.2) is 0 Å². The molecule has 0 aliphatic rings. The van der Waals surface area contributed by atoms with Crippen molar-refractivity contribution in [3.63, 3.8) is 0 Å². The quantitative estimate of drug-likeness (QED) is 0.210. The summed E-state index contributed by atoms with van der Waals surface area (Å²) in [6.45, 7) is 0. The van der Waals surface area contributed by atoms with Crippen molar-refractivity contribution in [1.29, 1.82) is 0 Å². The van der Waals surface area contributed by atoms with Gasteiger partial charge in [0.05, 0.1) is 37.6 Å². The molecule has 10 nitrogen and oxygen atoms in total. The number of carbonyl (C=O) groups is 4. The van der Waals surface area contributed by atoms with Crippen LogP contribution in [0.1, 0.15) is 50.5 Å². The average Bonchev–Trinajstić information content (AvgIpc) is 3.01. The number of hydrogen-bond donors (Lipinski definition) is 1. The van der Waals surface area contributed by atoms with E-state index in [2.05, 4.69) is 24.8 Å². The Morgan fingerprint density at radius 3 is 2.29 bits per heavy atom. The molecule has 0 saturated heterocycles. The number of halogens is 4. The molecule has 0 aliphatic heterocycles. The molecule has 1 heterocycles. The Bertz CT molecular complexity index is 1490. The third-order valence-corrected chi connectivity index (χ3v) is 6.86. The van der Waals surface area contributed by atoms with Crippen LogP contribution in [0.15, 0.2) is 60.8 Å². The van der Waals surface area contributed by atoms with E-state index in [1.807, 2.05) is 0 Å².